The maximum Gasteiger partial charge on any atom is 0.318 e. The molecule has 0 spiro atoms. The van der Waals surface area contributed by atoms with Crippen LogP contribution in [0, 0.1) is 0 Å². The fourth-order valence-electron chi connectivity index (χ4n) is 4.49. The minimum Gasteiger partial charge on any atom is -0.376 e. The Hall–Kier alpha value is -1.56. The topological polar surface area (TPSA) is 59.4 Å². The number of likely N-dealkylation sites (tertiary alicyclic amines) is 1. The van der Waals surface area contributed by atoms with Gasteiger partial charge in [0.2, 0.25) is 0 Å². The summed E-state index contributed by atoms with van der Waals surface area (Å²) in [5.41, 5.74) is 3.56. The van der Waals surface area contributed by atoms with Crippen LogP contribution in [0.5, 0.6) is 0 Å². The van der Waals surface area contributed by atoms with Crippen LogP contribution in [0.1, 0.15) is 67.9 Å². The molecule has 0 bridgehead atoms. The molecule has 6 heteroatoms. The number of fused-ring (bicyclic) bond motifs is 1. The number of carbonyl (C=O) groups excluding carboxylic acids is 1. The van der Waals surface area contributed by atoms with E-state index in [1.54, 1.807) is 0 Å². The highest BCUT2D eigenvalue weighted by Gasteiger charge is 2.34. The van der Waals surface area contributed by atoms with Gasteiger partial charge in [0.1, 0.15) is 0 Å². The van der Waals surface area contributed by atoms with Gasteiger partial charge >= 0.3 is 6.03 Å². The van der Waals surface area contributed by atoms with Crippen molar-refractivity contribution in [1.29, 1.82) is 0 Å². The zero-order valence-electron chi connectivity index (χ0n) is 14.6. The molecular weight excluding hydrogens is 304 g/mol. The number of hydrogen-bond donors (Lipinski definition) is 1. The highest BCUT2D eigenvalue weighted by Crippen LogP contribution is 2.35. The fraction of sp³-hybridized carbons (Fsp3) is 0.778. The van der Waals surface area contributed by atoms with Crippen LogP contribution in [-0.2, 0) is 24.8 Å². The molecule has 2 fully saturated rings. The molecule has 1 aliphatic carbocycles. The van der Waals surface area contributed by atoms with Gasteiger partial charge in [0.05, 0.1) is 24.9 Å². The van der Waals surface area contributed by atoms with Gasteiger partial charge in [-0.2, -0.15) is 5.10 Å². The van der Waals surface area contributed by atoms with E-state index >= 15 is 0 Å². The number of amides is 2. The van der Waals surface area contributed by atoms with E-state index in [0.717, 1.165) is 57.4 Å². The van der Waals surface area contributed by atoms with Gasteiger partial charge in [0.25, 0.3) is 0 Å². The van der Waals surface area contributed by atoms with Crippen molar-refractivity contribution in [3.05, 3.63) is 17.0 Å². The summed E-state index contributed by atoms with van der Waals surface area (Å²) in [5.74, 6) is 0. The van der Waals surface area contributed by atoms with Gasteiger partial charge in [-0.25, -0.2) is 4.79 Å². The van der Waals surface area contributed by atoms with Crippen molar-refractivity contribution >= 4 is 6.03 Å². The smallest absolute Gasteiger partial charge is 0.318 e. The van der Waals surface area contributed by atoms with Gasteiger partial charge in [0, 0.05) is 37.3 Å². The van der Waals surface area contributed by atoms with Crippen molar-refractivity contribution < 1.29 is 9.53 Å². The molecule has 0 radical (unpaired) electrons. The first-order valence-electron chi connectivity index (χ1n) is 9.43. The number of ether oxygens (including phenoxy) is 1. The van der Waals surface area contributed by atoms with E-state index < -0.39 is 0 Å². The van der Waals surface area contributed by atoms with E-state index in [1.165, 1.54) is 24.1 Å². The molecule has 1 saturated heterocycles. The highest BCUT2D eigenvalue weighted by molar-refractivity contribution is 5.75. The van der Waals surface area contributed by atoms with Crippen LogP contribution in [0.15, 0.2) is 0 Å². The first-order chi connectivity index (χ1) is 11.7. The van der Waals surface area contributed by atoms with Crippen molar-refractivity contribution in [2.24, 2.45) is 7.05 Å². The van der Waals surface area contributed by atoms with Crippen LogP contribution < -0.4 is 5.32 Å². The van der Waals surface area contributed by atoms with Crippen molar-refractivity contribution in [2.45, 2.75) is 70.1 Å². The minimum atomic E-state index is 0.0943. The van der Waals surface area contributed by atoms with Crippen LogP contribution in [0.3, 0.4) is 0 Å². The number of aromatic nitrogens is 2. The Morgan fingerprint density at radius 3 is 2.83 bits per heavy atom. The third kappa shape index (κ3) is 2.92. The third-order valence-corrected chi connectivity index (χ3v) is 5.80. The second-order valence-corrected chi connectivity index (χ2v) is 7.37. The van der Waals surface area contributed by atoms with Crippen LogP contribution in [-0.4, -0.2) is 39.9 Å². The van der Waals surface area contributed by atoms with E-state index in [4.69, 9.17) is 9.84 Å². The van der Waals surface area contributed by atoms with E-state index in [0.29, 0.717) is 12.6 Å². The molecule has 2 aliphatic heterocycles. The number of nitrogens with zero attached hydrogens (tertiary/aromatic N) is 3. The standard InChI is InChI=1S/C18H28N4O2/c1-21-15-9-11-24-12-14(15)17(20-21)16-8-4-5-10-22(16)18(23)19-13-6-2-3-7-13/h13,16H,2-12H2,1H3,(H,19,23). The first-order valence-corrected chi connectivity index (χ1v) is 9.43. The second kappa shape index (κ2) is 6.75. The van der Waals surface area contributed by atoms with Crippen LogP contribution in [0.2, 0.25) is 0 Å². The Kier molecular flexibility index (Phi) is 4.48. The number of carbonyl (C=O) groups is 1. The first kappa shape index (κ1) is 15.9. The van der Waals surface area contributed by atoms with Crippen molar-refractivity contribution in [1.82, 2.24) is 20.0 Å². The number of rotatable bonds is 2. The second-order valence-electron chi connectivity index (χ2n) is 7.37. The number of urea groups is 1. The zero-order chi connectivity index (χ0) is 16.5. The number of aryl methyl sites for hydroxylation is 1. The van der Waals surface area contributed by atoms with E-state index in [9.17, 15) is 4.79 Å². The normalized spacial score (nSPS) is 24.9. The van der Waals surface area contributed by atoms with E-state index in [2.05, 4.69) is 5.32 Å². The predicted molar refractivity (Wildman–Crippen MR) is 90.7 cm³/mol. The molecule has 4 rings (SSSR count). The van der Waals surface area contributed by atoms with Gasteiger partial charge < -0.3 is 15.0 Å². The summed E-state index contributed by atoms with van der Waals surface area (Å²) in [6, 6.07) is 0.556. The van der Waals surface area contributed by atoms with Gasteiger partial charge in [0.15, 0.2) is 0 Å². The molecule has 24 heavy (non-hydrogen) atoms. The van der Waals surface area contributed by atoms with E-state index in [-0.39, 0.29) is 12.1 Å². The Balaban J connectivity index is 1.56. The molecule has 1 N–H and O–H groups in total. The average Bonchev–Trinajstić information content (AvgIpc) is 3.23. The molecule has 1 saturated carbocycles. The Labute approximate surface area is 143 Å². The largest absolute Gasteiger partial charge is 0.376 e. The van der Waals surface area contributed by atoms with Gasteiger partial charge in [-0.05, 0) is 32.1 Å². The molecule has 3 heterocycles. The molecule has 0 aromatic carbocycles. The average molecular weight is 332 g/mol. The lowest BCUT2D eigenvalue weighted by Crippen LogP contribution is -2.47. The molecule has 1 atom stereocenters. The number of hydrogen-bond acceptors (Lipinski definition) is 3. The molecule has 3 aliphatic rings. The van der Waals surface area contributed by atoms with Gasteiger partial charge in [-0.1, -0.05) is 12.8 Å². The number of piperidine rings is 1. The molecule has 1 aromatic heterocycles. The van der Waals surface area contributed by atoms with Crippen molar-refractivity contribution in [3.63, 3.8) is 0 Å². The van der Waals surface area contributed by atoms with Crippen LogP contribution in [0.25, 0.3) is 0 Å². The summed E-state index contributed by atoms with van der Waals surface area (Å²) >= 11 is 0. The Morgan fingerprint density at radius 2 is 2.00 bits per heavy atom. The summed E-state index contributed by atoms with van der Waals surface area (Å²) < 4.78 is 7.67. The summed E-state index contributed by atoms with van der Waals surface area (Å²) in [6.45, 7) is 2.23. The summed E-state index contributed by atoms with van der Waals surface area (Å²) in [5, 5.41) is 8.05. The molecule has 1 unspecified atom stereocenters. The Morgan fingerprint density at radius 1 is 1.21 bits per heavy atom. The molecule has 1 aromatic rings. The maximum atomic E-state index is 12.9. The lowest BCUT2D eigenvalue weighted by atomic mass is 9.95. The summed E-state index contributed by atoms with van der Waals surface area (Å²) in [6.07, 6.45) is 8.87. The number of nitrogens with one attached hydrogen (secondary N) is 1. The van der Waals surface area contributed by atoms with Crippen molar-refractivity contribution in [2.75, 3.05) is 13.2 Å². The lowest BCUT2D eigenvalue weighted by Gasteiger charge is -2.36. The quantitative estimate of drug-likeness (QED) is 0.906. The fourth-order valence-corrected chi connectivity index (χ4v) is 4.49. The third-order valence-electron chi connectivity index (χ3n) is 5.80. The molecule has 132 valence electrons. The highest BCUT2D eigenvalue weighted by atomic mass is 16.5. The van der Waals surface area contributed by atoms with Crippen molar-refractivity contribution in [3.8, 4) is 0 Å². The summed E-state index contributed by atoms with van der Waals surface area (Å²) in [4.78, 5) is 14.9. The monoisotopic (exact) mass is 332 g/mol. The maximum absolute atomic E-state index is 12.9. The summed E-state index contributed by atoms with van der Waals surface area (Å²) in [7, 11) is 2.01. The van der Waals surface area contributed by atoms with Crippen LogP contribution in [0.4, 0.5) is 4.79 Å². The van der Waals surface area contributed by atoms with Gasteiger partial charge in [-0.15, -0.1) is 0 Å². The van der Waals surface area contributed by atoms with Crippen LogP contribution >= 0.6 is 0 Å². The minimum absolute atomic E-state index is 0.0943. The SMILES string of the molecule is Cn1nc(C2CCCCN2C(=O)NC2CCCC2)c2c1CCOC2. The van der Waals surface area contributed by atoms with Gasteiger partial charge in [-0.3, -0.25) is 4.68 Å². The molecule has 6 nitrogen and oxygen atoms in total. The van der Waals surface area contributed by atoms with E-state index in [1.807, 2.05) is 16.6 Å². The predicted octanol–water partition coefficient (Wildman–Crippen LogP) is 2.67. The molecule has 2 amide bonds. The molecular formula is C18H28N4O2. The lowest BCUT2D eigenvalue weighted by molar-refractivity contribution is 0.105. The zero-order valence-corrected chi connectivity index (χ0v) is 14.6. The Bertz CT molecular complexity index is 606.